The first-order valence-electron chi connectivity index (χ1n) is 7.72. The van der Waals surface area contributed by atoms with E-state index in [4.69, 9.17) is 4.74 Å². The molecule has 0 aliphatic rings. The highest BCUT2D eigenvalue weighted by Crippen LogP contribution is 2.19. The summed E-state index contributed by atoms with van der Waals surface area (Å²) in [6.07, 6.45) is 1.88. The number of methoxy groups -OCH3 is 1. The number of rotatable bonds is 7. The van der Waals surface area contributed by atoms with Gasteiger partial charge in [-0.2, -0.15) is 4.72 Å². The fourth-order valence-electron chi connectivity index (χ4n) is 2.36. The van der Waals surface area contributed by atoms with Crippen LogP contribution in [0.4, 0.5) is 0 Å². The summed E-state index contributed by atoms with van der Waals surface area (Å²) in [6, 6.07) is 14.2. The summed E-state index contributed by atoms with van der Waals surface area (Å²) < 4.78 is 32.3. The first kappa shape index (κ1) is 18.2. The fourth-order valence-corrected chi connectivity index (χ4v) is 3.54. The standard InChI is InChI=1S/C18H21NO4S/c1-3-7-14-10-12-16(13-11-14)24(21,22)19-17(18(20)23-2)15-8-5-4-6-9-15/h4-6,8-13,17,19H,3,7H2,1-2H3. The number of ether oxygens (including phenoxy) is 1. The number of esters is 1. The maximum atomic E-state index is 12.6. The van der Waals surface area contributed by atoms with Gasteiger partial charge in [0.05, 0.1) is 12.0 Å². The summed E-state index contributed by atoms with van der Waals surface area (Å²) in [5.74, 6) is -0.660. The van der Waals surface area contributed by atoms with Crippen LogP contribution in [-0.4, -0.2) is 21.5 Å². The van der Waals surface area contributed by atoms with Crippen LogP contribution in [-0.2, 0) is 26.0 Å². The zero-order valence-corrected chi connectivity index (χ0v) is 14.5. The van der Waals surface area contributed by atoms with Gasteiger partial charge < -0.3 is 4.74 Å². The lowest BCUT2D eigenvalue weighted by Gasteiger charge is -2.17. The van der Waals surface area contributed by atoms with E-state index >= 15 is 0 Å². The number of carbonyl (C=O) groups excluding carboxylic acids is 1. The van der Waals surface area contributed by atoms with E-state index in [1.54, 1.807) is 54.6 Å². The van der Waals surface area contributed by atoms with Crippen LogP contribution in [0.3, 0.4) is 0 Å². The lowest BCUT2D eigenvalue weighted by Crippen LogP contribution is -2.34. The summed E-state index contributed by atoms with van der Waals surface area (Å²) in [6.45, 7) is 2.06. The van der Waals surface area contributed by atoms with Crippen LogP contribution in [0.2, 0.25) is 0 Å². The Hall–Kier alpha value is -2.18. The molecule has 1 unspecified atom stereocenters. The minimum absolute atomic E-state index is 0.118. The number of sulfonamides is 1. The molecule has 0 saturated carbocycles. The van der Waals surface area contributed by atoms with Gasteiger partial charge >= 0.3 is 5.97 Å². The van der Waals surface area contributed by atoms with Crippen LogP contribution in [0.5, 0.6) is 0 Å². The first-order valence-corrected chi connectivity index (χ1v) is 9.20. The number of aryl methyl sites for hydroxylation is 1. The Kier molecular flexibility index (Phi) is 6.11. The van der Waals surface area contributed by atoms with Crippen LogP contribution in [0, 0.1) is 0 Å². The second-order valence-electron chi connectivity index (χ2n) is 5.38. The van der Waals surface area contributed by atoms with Crippen LogP contribution in [0.25, 0.3) is 0 Å². The van der Waals surface area contributed by atoms with Gasteiger partial charge in [0.1, 0.15) is 6.04 Å². The van der Waals surface area contributed by atoms with E-state index in [0.717, 1.165) is 18.4 Å². The first-order chi connectivity index (χ1) is 11.5. The Balaban J connectivity index is 2.28. The van der Waals surface area contributed by atoms with Crippen LogP contribution in [0.15, 0.2) is 59.5 Å². The average molecular weight is 347 g/mol. The third-order valence-corrected chi connectivity index (χ3v) is 5.05. The maximum Gasteiger partial charge on any atom is 0.328 e. The number of hydrogen-bond acceptors (Lipinski definition) is 4. The lowest BCUT2D eigenvalue weighted by molar-refractivity contribution is -0.142. The average Bonchev–Trinajstić information content (AvgIpc) is 2.60. The zero-order valence-electron chi connectivity index (χ0n) is 13.7. The largest absolute Gasteiger partial charge is 0.468 e. The number of hydrogen-bond donors (Lipinski definition) is 1. The molecule has 0 spiro atoms. The summed E-state index contributed by atoms with van der Waals surface area (Å²) in [7, 11) is -2.62. The number of carbonyl (C=O) groups is 1. The van der Waals surface area contributed by atoms with E-state index < -0.39 is 22.0 Å². The van der Waals surface area contributed by atoms with Gasteiger partial charge in [0.2, 0.25) is 10.0 Å². The molecule has 0 radical (unpaired) electrons. The molecule has 2 aromatic carbocycles. The molecule has 0 bridgehead atoms. The Morgan fingerprint density at radius 3 is 2.25 bits per heavy atom. The van der Waals surface area contributed by atoms with E-state index in [2.05, 4.69) is 11.6 Å². The van der Waals surface area contributed by atoms with E-state index in [1.165, 1.54) is 7.11 Å². The summed E-state index contributed by atoms with van der Waals surface area (Å²) >= 11 is 0. The molecule has 1 N–H and O–H groups in total. The minimum Gasteiger partial charge on any atom is -0.468 e. The molecule has 0 aromatic heterocycles. The van der Waals surface area contributed by atoms with E-state index in [-0.39, 0.29) is 4.90 Å². The van der Waals surface area contributed by atoms with Crippen LogP contribution >= 0.6 is 0 Å². The van der Waals surface area contributed by atoms with Crippen molar-refractivity contribution in [3.8, 4) is 0 Å². The molecule has 24 heavy (non-hydrogen) atoms. The molecule has 1 atom stereocenters. The van der Waals surface area contributed by atoms with Crippen LogP contribution in [0.1, 0.15) is 30.5 Å². The third-order valence-electron chi connectivity index (χ3n) is 3.62. The highest BCUT2D eigenvalue weighted by atomic mass is 32.2. The molecule has 0 aliphatic heterocycles. The summed E-state index contributed by atoms with van der Waals surface area (Å²) in [5.41, 5.74) is 1.60. The lowest BCUT2D eigenvalue weighted by atomic mass is 10.1. The van der Waals surface area contributed by atoms with Crippen molar-refractivity contribution >= 4 is 16.0 Å². The van der Waals surface area contributed by atoms with Gasteiger partial charge in [-0.25, -0.2) is 13.2 Å². The second-order valence-corrected chi connectivity index (χ2v) is 7.10. The van der Waals surface area contributed by atoms with Gasteiger partial charge in [0, 0.05) is 0 Å². The quantitative estimate of drug-likeness (QED) is 0.782. The smallest absolute Gasteiger partial charge is 0.328 e. The van der Waals surface area contributed by atoms with Crippen molar-refractivity contribution in [3.05, 3.63) is 65.7 Å². The van der Waals surface area contributed by atoms with Gasteiger partial charge in [-0.05, 0) is 29.7 Å². The van der Waals surface area contributed by atoms with Crippen molar-refractivity contribution < 1.29 is 17.9 Å². The van der Waals surface area contributed by atoms with E-state index in [9.17, 15) is 13.2 Å². The number of nitrogens with one attached hydrogen (secondary N) is 1. The molecule has 0 aliphatic carbocycles. The molecule has 5 nitrogen and oxygen atoms in total. The van der Waals surface area contributed by atoms with E-state index in [0.29, 0.717) is 5.56 Å². The highest BCUT2D eigenvalue weighted by molar-refractivity contribution is 7.89. The monoisotopic (exact) mass is 347 g/mol. The fraction of sp³-hybridized carbons (Fsp3) is 0.278. The Labute approximate surface area is 142 Å². The van der Waals surface area contributed by atoms with Gasteiger partial charge in [-0.1, -0.05) is 55.8 Å². The second kappa shape index (κ2) is 8.08. The maximum absolute atomic E-state index is 12.6. The van der Waals surface area contributed by atoms with Crippen LogP contribution < -0.4 is 4.72 Å². The molecule has 128 valence electrons. The zero-order chi connectivity index (χ0) is 17.6. The third kappa shape index (κ3) is 4.43. The van der Waals surface area contributed by atoms with Crippen molar-refractivity contribution in [2.75, 3.05) is 7.11 Å². The van der Waals surface area contributed by atoms with Gasteiger partial charge in [0.25, 0.3) is 0 Å². The van der Waals surface area contributed by atoms with Gasteiger partial charge in [-0.3, -0.25) is 0 Å². The number of benzene rings is 2. The van der Waals surface area contributed by atoms with Gasteiger partial charge in [0.15, 0.2) is 0 Å². The molecule has 2 rings (SSSR count). The van der Waals surface area contributed by atoms with Crippen molar-refractivity contribution in [2.24, 2.45) is 0 Å². The summed E-state index contributed by atoms with van der Waals surface area (Å²) in [4.78, 5) is 12.1. The molecule has 0 heterocycles. The Bertz CT molecular complexity index is 770. The topological polar surface area (TPSA) is 72.5 Å². The highest BCUT2D eigenvalue weighted by Gasteiger charge is 2.27. The van der Waals surface area contributed by atoms with Crippen molar-refractivity contribution in [1.82, 2.24) is 4.72 Å². The summed E-state index contributed by atoms with van der Waals surface area (Å²) in [5, 5.41) is 0. The molecule has 0 fully saturated rings. The molecule has 6 heteroatoms. The predicted octanol–water partition coefficient (Wildman–Crippen LogP) is 2.83. The normalized spacial score (nSPS) is 12.6. The Morgan fingerprint density at radius 1 is 1.08 bits per heavy atom. The van der Waals surface area contributed by atoms with Gasteiger partial charge in [-0.15, -0.1) is 0 Å². The molecule has 2 aromatic rings. The Morgan fingerprint density at radius 2 is 1.71 bits per heavy atom. The molecular formula is C18H21NO4S. The van der Waals surface area contributed by atoms with Crippen molar-refractivity contribution in [1.29, 1.82) is 0 Å². The molecule has 0 saturated heterocycles. The SMILES string of the molecule is CCCc1ccc(S(=O)(=O)NC(C(=O)OC)c2ccccc2)cc1. The minimum atomic E-state index is -3.85. The molecule has 0 amide bonds. The van der Waals surface area contributed by atoms with Crippen molar-refractivity contribution in [3.63, 3.8) is 0 Å². The van der Waals surface area contributed by atoms with Crippen molar-refractivity contribution in [2.45, 2.75) is 30.7 Å². The molecular weight excluding hydrogens is 326 g/mol. The predicted molar refractivity (Wildman–Crippen MR) is 92.0 cm³/mol. The van der Waals surface area contributed by atoms with E-state index in [1.807, 2.05) is 0 Å².